The van der Waals surface area contributed by atoms with E-state index in [0.29, 0.717) is 17.3 Å². The molecule has 1 N–H and O–H groups in total. The van der Waals surface area contributed by atoms with E-state index in [1.54, 1.807) is 0 Å². The molecule has 0 saturated heterocycles. The summed E-state index contributed by atoms with van der Waals surface area (Å²) >= 11 is 1.24. The molecule has 10 heteroatoms. The van der Waals surface area contributed by atoms with E-state index in [1.165, 1.54) is 25.2 Å². The van der Waals surface area contributed by atoms with E-state index in [1.807, 2.05) is 26.2 Å². The number of alkyl halides is 3. The van der Waals surface area contributed by atoms with Crippen molar-refractivity contribution >= 4 is 32.2 Å². The fourth-order valence-corrected chi connectivity index (χ4v) is 5.15. The number of thiazole rings is 1. The summed E-state index contributed by atoms with van der Waals surface area (Å²) in [5, 5.41) is 4.82. The van der Waals surface area contributed by atoms with Gasteiger partial charge in [0.25, 0.3) is 0 Å². The van der Waals surface area contributed by atoms with Crippen LogP contribution in [0.4, 0.5) is 18.3 Å². The second-order valence-electron chi connectivity index (χ2n) is 8.41. The lowest BCUT2D eigenvalue weighted by Gasteiger charge is -2.23. The van der Waals surface area contributed by atoms with Crippen molar-refractivity contribution in [1.82, 2.24) is 4.98 Å². The number of halogens is 3. The van der Waals surface area contributed by atoms with E-state index in [9.17, 15) is 26.4 Å². The zero-order valence-electron chi connectivity index (χ0n) is 16.7. The molecule has 0 unspecified atom stereocenters. The predicted octanol–water partition coefficient (Wildman–Crippen LogP) is 4.90. The Balaban J connectivity index is 2.16. The first kappa shape index (κ1) is 23.3. The van der Waals surface area contributed by atoms with Gasteiger partial charge in [0, 0.05) is 10.8 Å². The van der Waals surface area contributed by atoms with Crippen LogP contribution in [0.5, 0.6) is 0 Å². The number of anilines is 1. The Morgan fingerprint density at radius 2 is 1.62 bits per heavy atom. The third-order valence-corrected chi connectivity index (χ3v) is 7.05. The normalized spacial score (nSPS) is 13.4. The molecule has 0 aliphatic carbocycles. The van der Waals surface area contributed by atoms with Crippen LogP contribution in [-0.2, 0) is 26.2 Å². The lowest BCUT2D eigenvalue weighted by atomic mass is 9.93. The standard InChI is InChI=1S/C19H23F3N2O3S2/c1-17(2,3)14-10-28-16(23-14)24-15(25)18(4,5)11-29(26,27)13-8-6-12(7-9-13)19(20,21)22/h6-10H,11H2,1-5H3,(H,23,24,25). The Morgan fingerprint density at radius 3 is 2.07 bits per heavy atom. The molecular weight excluding hydrogens is 425 g/mol. The van der Waals surface area contributed by atoms with Gasteiger partial charge in [-0.3, -0.25) is 4.79 Å². The molecule has 5 nitrogen and oxygen atoms in total. The van der Waals surface area contributed by atoms with E-state index in [-0.39, 0.29) is 10.3 Å². The van der Waals surface area contributed by atoms with Crippen molar-refractivity contribution in [2.24, 2.45) is 5.41 Å². The molecule has 0 saturated carbocycles. The van der Waals surface area contributed by atoms with Crippen LogP contribution in [0, 0.1) is 5.41 Å². The number of rotatable bonds is 5. The van der Waals surface area contributed by atoms with Crippen LogP contribution < -0.4 is 5.32 Å². The molecule has 0 radical (unpaired) electrons. The first-order valence-corrected chi connectivity index (χ1v) is 11.2. The van der Waals surface area contributed by atoms with Gasteiger partial charge in [-0.25, -0.2) is 13.4 Å². The number of amides is 1. The number of carbonyl (C=O) groups is 1. The van der Waals surface area contributed by atoms with Crippen molar-refractivity contribution in [1.29, 1.82) is 0 Å². The quantitative estimate of drug-likeness (QED) is 0.706. The van der Waals surface area contributed by atoms with Gasteiger partial charge in [0.15, 0.2) is 15.0 Å². The highest BCUT2D eigenvalue weighted by atomic mass is 32.2. The van der Waals surface area contributed by atoms with Gasteiger partial charge in [-0.15, -0.1) is 11.3 Å². The summed E-state index contributed by atoms with van der Waals surface area (Å²) in [6.07, 6.45) is -4.55. The van der Waals surface area contributed by atoms with Gasteiger partial charge in [0.05, 0.1) is 27.3 Å². The Labute approximate surface area is 172 Å². The van der Waals surface area contributed by atoms with Gasteiger partial charge >= 0.3 is 6.18 Å². The first-order valence-electron chi connectivity index (χ1n) is 8.70. The fourth-order valence-electron chi connectivity index (χ4n) is 2.42. The van der Waals surface area contributed by atoms with E-state index >= 15 is 0 Å². The van der Waals surface area contributed by atoms with Crippen molar-refractivity contribution in [3.8, 4) is 0 Å². The summed E-state index contributed by atoms with van der Waals surface area (Å²) in [4.78, 5) is 16.7. The summed E-state index contributed by atoms with van der Waals surface area (Å²) in [6.45, 7) is 8.86. The van der Waals surface area contributed by atoms with Crippen LogP contribution in [0.1, 0.15) is 45.9 Å². The van der Waals surface area contributed by atoms with Gasteiger partial charge < -0.3 is 5.32 Å². The predicted molar refractivity (Wildman–Crippen MR) is 107 cm³/mol. The molecular formula is C19H23F3N2O3S2. The second-order valence-corrected chi connectivity index (χ2v) is 11.3. The van der Waals surface area contributed by atoms with Crippen LogP contribution in [0.15, 0.2) is 34.5 Å². The van der Waals surface area contributed by atoms with Crippen molar-refractivity contribution in [3.05, 3.63) is 40.9 Å². The second kappa shape index (κ2) is 7.71. The molecule has 0 aliphatic rings. The SMILES string of the molecule is CC(C)(CS(=O)(=O)c1ccc(C(F)(F)F)cc1)C(=O)Nc1nc(C(C)(C)C)cs1. The minimum atomic E-state index is -4.55. The molecule has 1 heterocycles. The minimum Gasteiger partial charge on any atom is -0.301 e. The van der Waals surface area contributed by atoms with E-state index in [0.717, 1.165) is 17.8 Å². The third-order valence-electron chi connectivity index (χ3n) is 4.20. The zero-order valence-corrected chi connectivity index (χ0v) is 18.3. The molecule has 0 bridgehead atoms. The highest BCUT2D eigenvalue weighted by molar-refractivity contribution is 7.91. The maximum absolute atomic E-state index is 12.7. The van der Waals surface area contributed by atoms with Gasteiger partial charge in [0.2, 0.25) is 5.91 Å². The molecule has 1 amide bonds. The Bertz CT molecular complexity index is 987. The Morgan fingerprint density at radius 1 is 1.07 bits per heavy atom. The average Bonchev–Trinajstić information content (AvgIpc) is 3.02. The van der Waals surface area contributed by atoms with E-state index in [2.05, 4.69) is 10.3 Å². The number of sulfone groups is 1. The first-order chi connectivity index (χ1) is 13.0. The van der Waals surface area contributed by atoms with Gasteiger partial charge in [-0.05, 0) is 24.3 Å². The zero-order chi connectivity index (χ0) is 22.3. The van der Waals surface area contributed by atoms with Crippen LogP contribution >= 0.6 is 11.3 Å². The highest BCUT2D eigenvalue weighted by Gasteiger charge is 2.36. The monoisotopic (exact) mass is 448 g/mol. The van der Waals surface area contributed by atoms with Crippen molar-refractivity contribution in [2.75, 3.05) is 11.1 Å². The molecule has 1 aromatic heterocycles. The third kappa shape index (κ3) is 5.79. The molecule has 29 heavy (non-hydrogen) atoms. The summed E-state index contributed by atoms with van der Waals surface area (Å²) in [5.74, 6) is -1.10. The molecule has 1 aromatic carbocycles. The molecule has 0 aliphatic heterocycles. The minimum absolute atomic E-state index is 0.194. The van der Waals surface area contributed by atoms with Crippen molar-refractivity contribution in [2.45, 2.75) is 51.1 Å². The summed E-state index contributed by atoms with van der Waals surface area (Å²) in [7, 11) is -3.98. The average molecular weight is 449 g/mol. The fraction of sp³-hybridized carbons (Fsp3) is 0.474. The lowest BCUT2D eigenvalue weighted by Crippen LogP contribution is -2.37. The number of hydrogen-bond donors (Lipinski definition) is 1. The number of nitrogens with one attached hydrogen (secondary N) is 1. The largest absolute Gasteiger partial charge is 0.416 e. The number of hydrogen-bond acceptors (Lipinski definition) is 5. The van der Waals surface area contributed by atoms with Crippen LogP contribution in [-0.4, -0.2) is 25.1 Å². The smallest absolute Gasteiger partial charge is 0.301 e. The van der Waals surface area contributed by atoms with Gasteiger partial charge in [0.1, 0.15) is 0 Å². The molecule has 0 fully saturated rings. The number of aromatic nitrogens is 1. The number of carbonyl (C=O) groups excluding carboxylic acids is 1. The summed E-state index contributed by atoms with van der Waals surface area (Å²) < 4.78 is 63.3. The van der Waals surface area contributed by atoms with Crippen LogP contribution in [0.2, 0.25) is 0 Å². The Hall–Kier alpha value is -1.94. The maximum Gasteiger partial charge on any atom is 0.416 e. The molecule has 0 atom stereocenters. The van der Waals surface area contributed by atoms with E-state index in [4.69, 9.17) is 0 Å². The van der Waals surface area contributed by atoms with Gasteiger partial charge in [-0.1, -0.05) is 34.6 Å². The van der Waals surface area contributed by atoms with E-state index < -0.39 is 38.7 Å². The van der Waals surface area contributed by atoms with Gasteiger partial charge in [-0.2, -0.15) is 13.2 Å². The molecule has 160 valence electrons. The summed E-state index contributed by atoms with van der Waals surface area (Å²) in [6, 6.07) is 3.23. The van der Waals surface area contributed by atoms with Crippen LogP contribution in [0.25, 0.3) is 0 Å². The van der Waals surface area contributed by atoms with Crippen molar-refractivity contribution < 1.29 is 26.4 Å². The number of benzene rings is 1. The topological polar surface area (TPSA) is 76.1 Å². The summed E-state index contributed by atoms with van der Waals surface area (Å²) in [5.41, 5.74) is -1.66. The van der Waals surface area contributed by atoms with Crippen LogP contribution in [0.3, 0.4) is 0 Å². The van der Waals surface area contributed by atoms with Crippen molar-refractivity contribution in [3.63, 3.8) is 0 Å². The molecule has 0 spiro atoms. The Kier molecular flexibility index (Phi) is 6.21. The number of nitrogens with zero attached hydrogens (tertiary/aromatic N) is 1. The maximum atomic E-state index is 12.7. The molecule has 2 aromatic rings. The lowest BCUT2D eigenvalue weighted by molar-refractivity contribution is -0.137. The highest BCUT2D eigenvalue weighted by Crippen LogP contribution is 2.32. The molecule has 2 rings (SSSR count).